The lowest BCUT2D eigenvalue weighted by Crippen LogP contribution is -2.38. The molecule has 1 unspecified atom stereocenters. The van der Waals surface area contributed by atoms with Crippen molar-refractivity contribution in [2.75, 3.05) is 24.5 Å². The normalized spacial score (nSPS) is 19.6. The Morgan fingerprint density at radius 1 is 0.938 bits per heavy atom. The molecule has 4 rings (SSSR count). The zero-order valence-corrected chi connectivity index (χ0v) is 19.8. The molecule has 3 nitrogen and oxygen atoms in total. The maximum absolute atomic E-state index is 6.33. The zero-order chi connectivity index (χ0) is 22.5. The molecular formula is C27H29Cl2N3. The molecule has 0 spiro atoms. The van der Waals surface area contributed by atoms with Gasteiger partial charge in [0.15, 0.2) is 0 Å². The molecule has 0 aromatic heterocycles. The third-order valence-corrected chi connectivity index (χ3v) is 6.55. The van der Waals surface area contributed by atoms with Crippen LogP contribution in [0.5, 0.6) is 0 Å². The average molecular weight is 466 g/mol. The molecule has 1 aliphatic rings. The summed E-state index contributed by atoms with van der Waals surface area (Å²) >= 11 is 12.5. The van der Waals surface area contributed by atoms with Crippen LogP contribution in [0.4, 0.5) is 5.69 Å². The highest BCUT2D eigenvalue weighted by molar-refractivity contribution is 6.31. The van der Waals surface area contributed by atoms with Crippen molar-refractivity contribution >= 4 is 28.9 Å². The lowest BCUT2D eigenvalue weighted by Gasteiger charge is -2.35. The number of hydrogen-bond donors (Lipinski definition) is 2. The molecule has 166 valence electrons. The van der Waals surface area contributed by atoms with E-state index in [2.05, 4.69) is 77.6 Å². The minimum atomic E-state index is 0.0536. The van der Waals surface area contributed by atoms with Crippen LogP contribution in [0.1, 0.15) is 35.7 Å². The van der Waals surface area contributed by atoms with E-state index in [1.807, 2.05) is 24.3 Å². The van der Waals surface area contributed by atoms with Crippen molar-refractivity contribution in [3.8, 4) is 0 Å². The maximum Gasteiger partial charge on any atom is 0.0720 e. The molecule has 0 bridgehead atoms. The summed E-state index contributed by atoms with van der Waals surface area (Å²) in [7, 11) is 0. The molecule has 1 saturated heterocycles. The predicted molar refractivity (Wildman–Crippen MR) is 137 cm³/mol. The van der Waals surface area contributed by atoms with Crippen molar-refractivity contribution in [1.29, 1.82) is 0 Å². The van der Waals surface area contributed by atoms with E-state index in [0.717, 1.165) is 41.8 Å². The number of rotatable bonds is 4. The Morgan fingerprint density at radius 3 is 2.38 bits per heavy atom. The second kappa shape index (κ2) is 10.4. The molecule has 0 aliphatic carbocycles. The Kier molecular flexibility index (Phi) is 7.41. The zero-order valence-electron chi connectivity index (χ0n) is 18.3. The van der Waals surface area contributed by atoms with Crippen LogP contribution in [0.25, 0.3) is 0 Å². The lowest BCUT2D eigenvalue weighted by molar-refractivity contribution is 0.582. The van der Waals surface area contributed by atoms with Crippen LogP contribution in [0.2, 0.25) is 10.0 Å². The summed E-state index contributed by atoms with van der Waals surface area (Å²) in [5.74, 6) is 0. The maximum atomic E-state index is 6.33. The van der Waals surface area contributed by atoms with Crippen molar-refractivity contribution in [2.24, 2.45) is 0 Å². The molecule has 2 N–H and O–H groups in total. The summed E-state index contributed by atoms with van der Waals surface area (Å²) in [5.41, 5.74) is 5.86. The highest BCUT2D eigenvalue weighted by Crippen LogP contribution is 2.33. The van der Waals surface area contributed by atoms with Crippen molar-refractivity contribution in [3.05, 3.63) is 112 Å². The van der Waals surface area contributed by atoms with Crippen LogP contribution in [-0.2, 0) is 6.42 Å². The van der Waals surface area contributed by atoms with Crippen molar-refractivity contribution in [2.45, 2.75) is 25.4 Å². The Morgan fingerprint density at radius 2 is 1.66 bits per heavy atom. The first kappa shape index (κ1) is 22.7. The molecule has 32 heavy (non-hydrogen) atoms. The van der Waals surface area contributed by atoms with Crippen molar-refractivity contribution in [3.63, 3.8) is 0 Å². The van der Waals surface area contributed by atoms with Gasteiger partial charge in [0, 0.05) is 41.1 Å². The van der Waals surface area contributed by atoms with Gasteiger partial charge in [0.05, 0.1) is 12.1 Å². The molecule has 0 radical (unpaired) electrons. The van der Waals surface area contributed by atoms with E-state index in [4.69, 9.17) is 23.2 Å². The molecular weight excluding hydrogens is 437 g/mol. The largest absolute Gasteiger partial charge is 0.385 e. The number of hydrogen-bond acceptors (Lipinski definition) is 3. The highest BCUT2D eigenvalue weighted by atomic mass is 35.5. The van der Waals surface area contributed by atoms with Gasteiger partial charge in [-0.25, -0.2) is 0 Å². The number of nitrogens with one attached hydrogen (secondary N) is 2. The van der Waals surface area contributed by atoms with E-state index in [9.17, 15) is 0 Å². The molecule has 5 heteroatoms. The topological polar surface area (TPSA) is 27.3 Å². The number of halogens is 2. The first-order valence-corrected chi connectivity index (χ1v) is 11.8. The standard InChI is InChI=1S/C27H29Cl2N3/c1-3-20-17-24(29)13-14-25(20)32-16-15-30-27(22-7-5-4-6-8-22)19(2)31-18-26(32)21-9-11-23(28)12-10-21/h4-14,17,26-27,30-31H,2-3,15-16,18H2,1H3/t26-,27?/m0/s1. The van der Waals surface area contributed by atoms with Gasteiger partial charge in [0.2, 0.25) is 0 Å². The van der Waals surface area contributed by atoms with Crippen molar-refractivity contribution < 1.29 is 0 Å². The van der Waals surface area contributed by atoms with E-state index < -0.39 is 0 Å². The lowest BCUT2D eigenvalue weighted by atomic mass is 10.0. The Balaban J connectivity index is 1.72. The van der Waals surface area contributed by atoms with Gasteiger partial charge >= 0.3 is 0 Å². The van der Waals surface area contributed by atoms with Gasteiger partial charge in [-0.3, -0.25) is 0 Å². The Bertz CT molecular complexity index is 1050. The number of nitrogens with zero attached hydrogens (tertiary/aromatic N) is 1. The van der Waals surface area contributed by atoms with E-state index in [0.29, 0.717) is 0 Å². The second-order valence-electron chi connectivity index (χ2n) is 8.09. The minimum Gasteiger partial charge on any atom is -0.385 e. The summed E-state index contributed by atoms with van der Waals surface area (Å²) in [6, 6.07) is 25.0. The quantitative estimate of drug-likeness (QED) is 0.457. The van der Waals surface area contributed by atoms with Crippen LogP contribution in [-0.4, -0.2) is 19.6 Å². The van der Waals surface area contributed by atoms with E-state index in [1.165, 1.54) is 22.4 Å². The summed E-state index contributed by atoms with van der Waals surface area (Å²) in [5, 5.41) is 8.85. The van der Waals surface area contributed by atoms with Gasteiger partial charge in [-0.05, 0) is 53.4 Å². The summed E-state index contributed by atoms with van der Waals surface area (Å²) in [4.78, 5) is 2.47. The molecule has 1 heterocycles. The van der Waals surface area contributed by atoms with Gasteiger partial charge in [0.25, 0.3) is 0 Å². The summed E-state index contributed by atoms with van der Waals surface area (Å²) in [6.07, 6.45) is 0.917. The van der Waals surface area contributed by atoms with Gasteiger partial charge in [-0.15, -0.1) is 0 Å². The monoisotopic (exact) mass is 465 g/mol. The molecule has 3 aromatic rings. The fourth-order valence-electron chi connectivity index (χ4n) is 4.40. The predicted octanol–water partition coefficient (Wildman–Crippen LogP) is 6.55. The first-order chi connectivity index (χ1) is 15.6. The third-order valence-electron chi connectivity index (χ3n) is 6.07. The second-order valence-corrected chi connectivity index (χ2v) is 8.96. The molecule has 2 atom stereocenters. The van der Waals surface area contributed by atoms with E-state index in [1.54, 1.807) is 0 Å². The van der Waals surface area contributed by atoms with Crippen LogP contribution in [0.15, 0.2) is 85.1 Å². The minimum absolute atomic E-state index is 0.0536. The van der Waals surface area contributed by atoms with E-state index in [-0.39, 0.29) is 12.1 Å². The van der Waals surface area contributed by atoms with Crippen LogP contribution in [0, 0.1) is 0 Å². The summed E-state index contributed by atoms with van der Waals surface area (Å²) in [6.45, 7) is 8.94. The van der Waals surface area contributed by atoms with E-state index >= 15 is 0 Å². The smallest absolute Gasteiger partial charge is 0.0720 e. The summed E-state index contributed by atoms with van der Waals surface area (Å²) < 4.78 is 0. The molecule has 0 amide bonds. The Labute approximate surface area is 201 Å². The fourth-order valence-corrected chi connectivity index (χ4v) is 4.72. The van der Waals surface area contributed by atoms with Gasteiger partial charge in [0.1, 0.15) is 0 Å². The highest BCUT2D eigenvalue weighted by Gasteiger charge is 2.26. The Hall–Kier alpha value is -2.46. The number of benzene rings is 3. The number of aryl methyl sites for hydroxylation is 1. The first-order valence-electron chi connectivity index (χ1n) is 11.1. The van der Waals surface area contributed by atoms with Crippen LogP contribution < -0.4 is 15.5 Å². The van der Waals surface area contributed by atoms with Gasteiger partial charge in [-0.2, -0.15) is 0 Å². The average Bonchev–Trinajstić information content (AvgIpc) is 2.89. The van der Waals surface area contributed by atoms with Crippen LogP contribution >= 0.6 is 23.2 Å². The van der Waals surface area contributed by atoms with Gasteiger partial charge in [-0.1, -0.05) is 79.2 Å². The molecule has 3 aromatic carbocycles. The van der Waals surface area contributed by atoms with Gasteiger partial charge < -0.3 is 15.5 Å². The number of anilines is 1. The fraction of sp³-hybridized carbons (Fsp3) is 0.259. The third kappa shape index (κ3) is 5.12. The SMILES string of the molecule is C=C1NC[C@@H](c2ccc(Cl)cc2)N(c2ccc(Cl)cc2CC)CCNC1c1ccccc1. The molecule has 0 saturated carbocycles. The molecule has 1 aliphatic heterocycles. The van der Waals surface area contributed by atoms with Crippen LogP contribution in [0.3, 0.4) is 0 Å². The molecule has 1 fully saturated rings. The van der Waals surface area contributed by atoms with Crippen molar-refractivity contribution in [1.82, 2.24) is 10.6 Å².